The fraction of sp³-hybridized carbons (Fsp3) is 0.769. The van der Waals surface area contributed by atoms with Gasteiger partial charge in [0.15, 0.2) is 5.78 Å². The molecule has 2 atom stereocenters. The second-order valence-electron chi connectivity index (χ2n) is 5.04. The summed E-state index contributed by atoms with van der Waals surface area (Å²) in [5, 5.41) is 0. The molecule has 0 saturated carbocycles. The van der Waals surface area contributed by atoms with Crippen LogP contribution in [-0.4, -0.2) is 42.5 Å². The molecule has 90 valence electrons. The Morgan fingerprint density at radius 1 is 1.50 bits per heavy atom. The van der Waals surface area contributed by atoms with E-state index < -0.39 is 0 Å². The van der Waals surface area contributed by atoms with Crippen LogP contribution in [0.3, 0.4) is 0 Å². The average molecular weight is 223 g/mol. The van der Waals surface area contributed by atoms with Crippen LogP contribution in [0.2, 0.25) is 0 Å². The van der Waals surface area contributed by atoms with Crippen LogP contribution < -0.4 is 0 Å². The molecule has 3 heteroatoms. The minimum atomic E-state index is -0.186. The van der Waals surface area contributed by atoms with Crippen LogP contribution in [0.25, 0.3) is 0 Å². The van der Waals surface area contributed by atoms with Gasteiger partial charge >= 0.3 is 0 Å². The average Bonchev–Trinajstić information content (AvgIpc) is 2.72. The molecule has 3 nitrogen and oxygen atoms in total. The Kier molecular flexibility index (Phi) is 3.77. The third-order valence-corrected chi connectivity index (χ3v) is 3.55. The summed E-state index contributed by atoms with van der Waals surface area (Å²) in [7, 11) is 0. The zero-order valence-corrected chi connectivity index (χ0v) is 10.1. The Morgan fingerprint density at radius 3 is 3.06 bits per heavy atom. The quantitative estimate of drug-likeness (QED) is 0.680. The maximum absolute atomic E-state index is 11.9. The van der Waals surface area contributed by atoms with Crippen LogP contribution in [0, 0.1) is 0 Å². The van der Waals surface area contributed by atoms with Gasteiger partial charge in [0.1, 0.15) is 6.10 Å². The van der Waals surface area contributed by atoms with Gasteiger partial charge in [-0.1, -0.05) is 5.57 Å². The van der Waals surface area contributed by atoms with E-state index >= 15 is 0 Å². The van der Waals surface area contributed by atoms with E-state index in [1.165, 1.54) is 12.8 Å². The predicted molar refractivity (Wildman–Crippen MR) is 63.4 cm³/mol. The SMILES string of the molecule is C=C(C)CCC(=O)C1CN2CCCC2CO1. The molecular weight excluding hydrogens is 202 g/mol. The van der Waals surface area contributed by atoms with Gasteiger partial charge in [-0.3, -0.25) is 9.69 Å². The fourth-order valence-electron chi connectivity index (χ4n) is 2.51. The Morgan fingerprint density at radius 2 is 2.31 bits per heavy atom. The van der Waals surface area contributed by atoms with Gasteiger partial charge in [0.2, 0.25) is 0 Å². The monoisotopic (exact) mass is 223 g/mol. The lowest BCUT2D eigenvalue weighted by Gasteiger charge is -2.34. The molecule has 2 aliphatic rings. The highest BCUT2D eigenvalue weighted by Gasteiger charge is 2.34. The number of carbonyl (C=O) groups is 1. The molecule has 2 heterocycles. The van der Waals surface area contributed by atoms with Crippen molar-refractivity contribution in [3.63, 3.8) is 0 Å². The highest BCUT2D eigenvalue weighted by Crippen LogP contribution is 2.23. The van der Waals surface area contributed by atoms with Crippen molar-refractivity contribution in [3.05, 3.63) is 12.2 Å². The summed E-state index contributed by atoms with van der Waals surface area (Å²) < 4.78 is 5.67. The Bertz CT molecular complexity index is 288. The molecule has 2 rings (SSSR count). The molecule has 0 N–H and O–H groups in total. The predicted octanol–water partition coefficient (Wildman–Crippen LogP) is 1.77. The van der Waals surface area contributed by atoms with E-state index in [9.17, 15) is 4.79 Å². The van der Waals surface area contributed by atoms with Crippen LogP contribution in [0.4, 0.5) is 0 Å². The number of hydrogen-bond donors (Lipinski definition) is 0. The number of ketones is 1. The molecule has 0 radical (unpaired) electrons. The largest absolute Gasteiger partial charge is 0.367 e. The number of fused-ring (bicyclic) bond motifs is 1. The van der Waals surface area contributed by atoms with Gasteiger partial charge in [-0.25, -0.2) is 0 Å². The molecule has 0 aromatic heterocycles. The van der Waals surface area contributed by atoms with Crippen molar-refractivity contribution in [1.29, 1.82) is 0 Å². The molecule has 16 heavy (non-hydrogen) atoms. The lowest BCUT2D eigenvalue weighted by molar-refractivity contribution is -0.138. The molecule has 0 aromatic carbocycles. The number of Topliss-reactive ketones (excluding diaryl/α,β-unsaturated/α-hetero) is 1. The number of carbonyl (C=O) groups excluding carboxylic acids is 1. The van der Waals surface area contributed by atoms with E-state index in [1.807, 2.05) is 6.92 Å². The number of morpholine rings is 1. The first-order valence-corrected chi connectivity index (χ1v) is 6.19. The minimum Gasteiger partial charge on any atom is -0.367 e. The summed E-state index contributed by atoms with van der Waals surface area (Å²) in [4.78, 5) is 14.3. The topological polar surface area (TPSA) is 29.5 Å². The number of nitrogens with zero attached hydrogens (tertiary/aromatic N) is 1. The number of ether oxygens (including phenoxy) is 1. The summed E-state index contributed by atoms with van der Waals surface area (Å²) in [5.41, 5.74) is 1.07. The van der Waals surface area contributed by atoms with E-state index in [2.05, 4.69) is 11.5 Å². The molecule has 2 saturated heterocycles. The van der Waals surface area contributed by atoms with Gasteiger partial charge in [-0.05, 0) is 32.7 Å². The van der Waals surface area contributed by atoms with Crippen molar-refractivity contribution < 1.29 is 9.53 Å². The number of allylic oxidation sites excluding steroid dienone is 1. The highest BCUT2D eigenvalue weighted by molar-refractivity contribution is 5.83. The van der Waals surface area contributed by atoms with Crippen molar-refractivity contribution in [2.24, 2.45) is 0 Å². The van der Waals surface area contributed by atoms with Crippen molar-refractivity contribution in [3.8, 4) is 0 Å². The van der Waals surface area contributed by atoms with E-state index in [0.29, 0.717) is 12.5 Å². The lowest BCUT2D eigenvalue weighted by Crippen LogP contribution is -2.49. The Balaban J connectivity index is 1.81. The summed E-state index contributed by atoms with van der Waals surface area (Å²) in [6.07, 6.45) is 3.67. The van der Waals surface area contributed by atoms with Gasteiger partial charge < -0.3 is 4.74 Å². The van der Waals surface area contributed by atoms with Crippen molar-refractivity contribution in [2.45, 2.75) is 44.8 Å². The van der Waals surface area contributed by atoms with E-state index in [4.69, 9.17) is 4.74 Å². The Hall–Kier alpha value is -0.670. The smallest absolute Gasteiger partial charge is 0.163 e. The first-order chi connectivity index (χ1) is 7.66. The molecule has 0 aromatic rings. The zero-order valence-electron chi connectivity index (χ0n) is 10.1. The summed E-state index contributed by atoms with van der Waals surface area (Å²) in [5.74, 6) is 0.244. The third kappa shape index (κ3) is 2.71. The molecule has 2 aliphatic heterocycles. The van der Waals surface area contributed by atoms with Crippen molar-refractivity contribution in [2.75, 3.05) is 19.7 Å². The van der Waals surface area contributed by atoms with E-state index in [1.54, 1.807) is 0 Å². The molecular formula is C13H21NO2. The van der Waals surface area contributed by atoms with Crippen LogP contribution in [0.5, 0.6) is 0 Å². The molecule has 0 aliphatic carbocycles. The Labute approximate surface area is 97.5 Å². The fourth-order valence-corrected chi connectivity index (χ4v) is 2.51. The normalized spacial score (nSPS) is 30.1. The van der Waals surface area contributed by atoms with E-state index in [-0.39, 0.29) is 11.9 Å². The minimum absolute atomic E-state index is 0.186. The van der Waals surface area contributed by atoms with Gasteiger partial charge in [-0.15, -0.1) is 6.58 Å². The lowest BCUT2D eigenvalue weighted by atomic mass is 10.0. The summed E-state index contributed by atoms with van der Waals surface area (Å²) >= 11 is 0. The maximum Gasteiger partial charge on any atom is 0.163 e. The first-order valence-electron chi connectivity index (χ1n) is 6.19. The molecule has 0 bridgehead atoms. The summed E-state index contributed by atoms with van der Waals surface area (Å²) in [6.45, 7) is 8.47. The van der Waals surface area contributed by atoms with Crippen LogP contribution in [-0.2, 0) is 9.53 Å². The van der Waals surface area contributed by atoms with Crippen LogP contribution in [0.15, 0.2) is 12.2 Å². The van der Waals surface area contributed by atoms with Crippen molar-refractivity contribution in [1.82, 2.24) is 4.90 Å². The van der Waals surface area contributed by atoms with Gasteiger partial charge in [-0.2, -0.15) is 0 Å². The van der Waals surface area contributed by atoms with Gasteiger partial charge in [0.05, 0.1) is 6.61 Å². The maximum atomic E-state index is 11.9. The number of rotatable bonds is 4. The zero-order chi connectivity index (χ0) is 11.5. The second kappa shape index (κ2) is 5.11. The van der Waals surface area contributed by atoms with Gasteiger partial charge in [0.25, 0.3) is 0 Å². The van der Waals surface area contributed by atoms with Crippen LogP contribution in [0.1, 0.15) is 32.6 Å². The second-order valence-corrected chi connectivity index (χ2v) is 5.04. The van der Waals surface area contributed by atoms with Crippen LogP contribution >= 0.6 is 0 Å². The van der Waals surface area contributed by atoms with Gasteiger partial charge in [0, 0.05) is 19.0 Å². The molecule has 0 spiro atoms. The molecule has 2 fully saturated rings. The summed E-state index contributed by atoms with van der Waals surface area (Å²) in [6, 6.07) is 0.574. The standard InChI is InChI=1S/C13H21NO2/c1-10(2)5-6-12(15)13-8-14-7-3-4-11(14)9-16-13/h11,13H,1,3-9H2,2H3. The third-order valence-electron chi connectivity index (χ3n) is 3.55. The van der Waals surface area contributed by atoms with Crippen molar-refractivity contribution >= 4 is 5.78 Å². The molecule has 2 unspecified atom stereocenters. The highest BCUT2D eigenvalue weighted by atomic mass is 16.5. The number of hydrogen-bond acceptors (Lipinski definition) is 3. The molecule has 0 amide bonds. The first kappa shape index (κ1) is 11.8. The van der Waals surface area contributed by atoms with E-state index in [0.717, 1.165) is 31.7 Å².